The van der Waals surface area contributed by atoms with E-state index < -0.39 is 12.1 Å². The van der Waals surface area contributed by atoms with Gasteiger partial charge in [-0.2, -0.15) is 0 Å². The lowest BCUT2D eigenvalue weighted by Crippen LogP contribution is -2.25. The third-order valence-electron chi connectivity index (χ3n) is 3.71. The van der Waals surface area contributed by atoms with E-state index in [4.69, 9.17) is 14.6 Å². The Morgan fingerprint density at radius 3 is 1.76 bits per heavy atom. The normalized spacial score (nSPS) is 12.5. The molecule has 1 atom stereocenters. The van der Waals surface area contributed by atoms with E-state index in [0.717, 1.165) is 0 Å². The Morgan fingerprint density at radius 1 is 0.920 bits per heavy atom. The molecule has 5 nitrogen and oxygen atoms in total. The summed E-state index contributed by atoms with van der Waals surface area (Å²) >= 11 is 0. The van der Waals surface area contributed by atoms with Crippen molar-refractivity contribution in [2.75, 3.05) is 13.2 Å². The minimum Gasteiger partial charge on any atom is -0.491 e. The van der Waals surface area contributed by atoms with Crippen molar-refractivity contribution in [1.29, 1.82) is 0 Å². The number of rotatable bonds is 7. The SMILES string of the molecule is CC(C)(C)c1ccc(OC[C@H](O)COc2ccc(C(=O)O)cc2)cc1. The van der Waals surface area contributed by atoms with Crippen LogP contribution in [0.25, 0.3) is 0 Å². The molecule has 0 saturated heterocycles. The van der Waals surface area contributed by atoms with Crippen LogP contribution in [0, 0.1) is 0 Å². The van der Waals surface area contributed by atoms with Gasteiger partial charge in [-0.25, -0.2) is 4.79 Å². The Labute approximate surface area is 147 Å². The summed E-state index contributed by atoms with van der Waals surface area (Å²) in [7, 11) is 0. The van der Waals surface area contributed by atoms with E-state index in [1.807, 2.05) is 24.3 Å². The zero-order chi connectivity index (χ0) is 18.4. The summed E-state index contributed by atoms with van der Waals surface area (Å²) < 4.78 is 11.0. The van der Waals surface area contributed by atoms with Gasteiger partial charge in [-0.1, -0.05) is 32.9 Å². The molecule has 0 aliphatic heterocycles. The maximum Gasteiger partial charge on any atom is 0.335 e. The Morgan fingerprint density at radius 2 is 1.36 bits per heavy atom. The summed E-state index contributed by atoms with van der Waals surface area (Å²) in [5.74, 6) is 0.203. The first-order valence-electron chi connectivity index (χ1n) is 8.13. The van der Waals surface area contributed by atoms with Gasteiger partial charge in [0.2, 0.25) is 0 Å². The first kappa shape index (κ1) is 18.8. The highest BCUT2D eigenvalue weighted by Crippen LogP contribution is 2.24. The average Bonchev–Trinajstić information content (AvgIpc) is 2.58. The predicted octanol–water partition coefficient (Wildman–Crippen LogP) is 3.50. The van der Waals surface area contributed by atoms with Gasteiger partial charge in [-0.15, -0.1) is 0 Å². The fraction of sp³-hybridized carbons (Fsp3) is 0.350. The van der Waals surface area contributed by atoms with Gasteiger partial charge in [0, 0.05) is 0 Å². The van der Waals surface area contributed by atoms with Gasteiger partial charge in [0.25, 0.3) is 0 Å². The van der Waals surface area contributed by atoms with E-state index >= 15 is 0 Å². The second kappa shape index (κ2) is 8.03. The highest BCUT2D eigenvalue weighted by Gasteiger charge is 2.13. The van der Waals surface area contributed by atoms with E-state index in [2.05, 4.69) is 20.8 Å². The number of aliphatic hydroxyl groups is 1. The predicted molar refractivity (Wildman–Crippen MR) is 95.5 cm³/mol. The molecule has 2 rings (SSSR count). The molecule has 0 amide bonds. The highest BCUT2D eigenvalue weighted by atomic mass is 16.5. The zero-order valence-corrected chi connectivity index (χ0v) is 14.7. The minimum absolute atomic E-state index is 0.0620. The van der Waals surface area contributed by atoms with Crippen molar-refractivity contribution in [2.24, 2.45) is 0 Å². The molecule has 0 heterocycles. The Kier molecular flexibility index (Phi) is 6.04. The number of carboxylic acid groups (broad SMARTS) is 1. The van der Waals surface area contributed by atoms with Crippen LogP contribution in [-0.4, -0.2) is 35.5 Å². The summed E-state index contributed by atoms with van der Waals surface area (Å²) in [5, 5.41) is 18.8. The minimum atomic E-state index is -0.988. The molecule has 0 unspecified atom stereocenters. The van der Waals surface area contributed by atoms with Crippen molar-refractivity contribution in [3.05, 3.63) is 59.7 Å². The molecule has 0 aromatic heterocycles. The average molecular weight is 344 g/mol. The summed E-state index contributed by atoms with van der Waals surface area (Å²) in [5.41, 5.74) is 1.49. The molecule has 0 aliphatic rings. The number of hydrogen-bond donors (Lipinski definition) is 2. The van der Waals surface area contributed by atoms with Crippen LogP contribution in [0.5, 0.6) is 11.5 Å². The number of benzene rings is 2. The van der Waals surface area contributed by atoms with E-state index in [1.54, 1.807) is 12.1 Å². The third kappa shape index (κ3) is 5.80. The summed E-state index contributed by atoms with van der Waals surface area (Å²) in [6, 6.07) is 13.8. The fourth-order valence-corrected chi connectivity index (χ4v) is 2.18. The number of ether oxygens (including phenoxy) is 2. The van der Waals surface area contributed by atoms with Gasteiger partial charge < -0.3 is 19.7 Å². The van der Waals surface area contributed by atoms with Crippen LogP contribution >= 0.6 is 0 Å². The lowest BCUT2D eigenvalue weighted by Gasteiger charge is -2.19. The summed E-state index contributed by atoms with van der Waals surface area (Å²) in [4.78, 5) is 10.8. The van der Waals surface area contributed by atoms with E-state index in [1.165, 1.54) is 17.7 Å². The van der Waals surface area contributed by atoms with Crippen LogP contribution in [0.3, 0.4) is 0 Å². The lowest BCUT2D eigenvalue weighted by atomic mass is 9.87. The largest absolute Gasteiger partial charge is 0.491 e. The molecule has 5 heteroatoms. The molecule has 2 aromatic carbocycles. The van der Waals surface area contributed by atoms with Crippen molar-refractivity contribution >= 4 is 5.97 Å². The number of aromatic carboxylic acids is 1. The maximum atomic E-state index is 10.8. The molecule has 0 fully saturated rings. The summed E-state index contributed by atoms with van der Waals surface area (Å²) in [6.07, 6.45) is -0.790. The molecule has 0 bridgehead atoms. The molecular weight excluding hydrogens is 320 g/mol. The van der Waals surface area contributed by atoms with Crippen LogP contribution in [0.1, 0.15) is 36.7 Å². The Bertz CT molecular complexity index is 684. The van der Waals surface area contributed by atoms with Gasteiger partial charge in [-0.05, 0) is 47.4 Å². The van der Waals surface area contributed by atoms with Crippen LogP contribution in [0.15, 0.2) is 48.5 Å². The molecule has 0 radical (unpaired) electrons. The Hall–Kier alpha value is -2.53. The zero-order valence-electron chi connectivity index (χ0n) is 14.7. The third-order valence-corrected chi connectivity index (χ3v) is 3.71. The van der Waals surface area contributed by atoms with E-state index in [-0.39, 0.29) is 24.2 Å². The first-order chi connectivity index (χ1) is 11.8. The number of carboxylic acids is 1. The molecule has 0 spiro atoms. The first-order valence-corrected chi connectivity index (χ1v) is 8.13. The number of aliphatic hydroxyl groups excluding tert-OH is 1. The van der Waals surface area contributed by atoms with E-state index in [0.29, 0.717) is 11.5 Å². The molecule has 0 saturated carbocycles. The number of carbonyl (C=O) groups is 1. The second-order valence-electron chi connectivity index (χ2n) is 6.88. The highest BCUT2D eigenvalue weighted by molar-refractivity contribution is 5.87. The van der Waals surface area contributed by atoms with E-state index in [9.17, 15) is 9.90 Å². The van der Waals surface area contributed by atoms with Crippen molar-refractivity contribution in [2.45, 2.75) is 32.3 Å². The van der Waals surface area contributed by atoms with Crippen LogP contribution in [0.2, 0.25) is 0 Å². The lowest BCUT2D eigenvalue weighted by molar-refractivity contribution is 0.0625. The smallest absolute Gasteiger partial charge is 0.335 e. The molecular formula is C20H24O5. The van der Waals surface area contributed by atoms with Gasteiger partial charge in [0.1, 0.15) is 30.8 Å². The monoisotopic (exact) mass is 344 g/mol. The topological polar surface area (TPSA) is 76.0 Å². The number of hydrogen-bond acceptors (Lipinski definition) is 4. The summed E-state index contributed by atoms with van der Waals surface area (Å²) in [6.45, 7) is 6.61. The van der Waals surface area contributed by atoms with Gasteiger partial charge >= 0.3 is 5.97 Å². The van der Waals surface area contributed by atoms with Crippen molar-refractivity contribution < 1.29 is 24.5 Å². The van der Waals surface area contributed by atoms with Crippen LogP contribution in [0.4, 0.5) is 0 Å². The van der Waals surface area contributed by atoms with Crippen molar-refractivity contribution in [1.82, 2.24) is 0 Å². The molecule has 0 aliphatic carbocycles. The van der Waals surface area contributed by atoms with Crippen molar-refractivity contribution in [3.8, 4) is 11.5 Å². The van der Waals surface area contributed by atoms with Crippen LogP contribution < -0.4 is 9.47 Å². The molecule has 134 valence electrons. The molecule has 2 aromatic rings. The van der Waals surface area contributed by atoms with Gasteiger partial charge in [-0.3, -0.25) is 0 Å². The van der Waals surface area contributed by atoms with Gasteiger partial charge in [0.05, 0.1) is 5.56 Å². The fourth-order valence-electron chi connectivity index (χ4n) is 2.18. The Balaban J connectivity index is 1.78. The van der Waals surface area contributed by atoms with Gasteiger partial charge in [0.15, 0.2) is 0 Å². The molecule has 25 heavy (non-hydrogen) atoms. The van der Waals surface area contributed by atoms with Crippen molar-refractivity contribution in [3.63, 3.8) is 0 Å². The van der Waals surface area contributed by atoms with Crippen LogP contribution in [-0.2, 0) is 5.41 Å². The maximum absolute atomic E-state index is 10.8. The quantitative estimate of drug-likeness (QED) is 0.804. The standard InChI is InChI=1S/C20H24O5/c1-20(2,3)15-6-10-18(11-7-15)25-13-16(21)12-24-17-8-4-14(5-9-17)19(22)23/h4-11,16,21H,12-13H2,1-3H3,(H,22,23)/t16-/m1/s1. The second-order valence-corrected chi connectivity index (χ2v) is 6.88. The molecule has 2 N–H and O–H groups in total.